The lowest BCUT2D eigenvalue weighted by Gasteiger charge is -2.33. The average molecular weight is 368 g/mol. The largest absolute Gasteiger partial charge is 0.349 e. The zero-order valence-corrected chi connectivity index (χ0v) is 15.7. The summed E-state index contributed by atoms with van der Waals surface area (Å²) in [5, 5.41) is 6.00. The molecule has 4 fully saturated rings. The molecule has 1 aromatic carbocycles. The number of amides is 3. The Morgan fingerprint density at radius 2 is 1.93 bits per heavy atom. The highest BCUT2D eigenvalue weighted by Gasteiger charge is 2.48. The van der Waals surface area contributed by atoms with Gasteiger partial charge in [-0.2, -0.15) is 0 Å². The summed E-state index contributed by atoms with van der Waals surface area (Å²) in [5.74, 6) is 1.20. The first-order chi connectivity index (χ1) is 13.2. The van der Waals surface area contributed by atoms with Crippen LogP contribution in [0, 0.1) is 11.8 Å². The second kappa shape index (κ2) is 6.82. The van der Waals surface area contributed by atoms with Gasteiger partial charge in [0.05, 0.1) is 0 Å². The number of piperidine rings is 1. The minimum Gasteiger partial charge on any atom is -0.349 e. The van der Waals surface area contributed by atoms with Gasteiger partial charge < -0.3 is 15.5 Å². The third kappa shape index (κ3) is 3.43. The molecule has 1 aliphatic carbocycles. The normalized spacial score (nSPS) is 29.9. The Morgan fingerprint density at radius 1 is 1.04 bits per heavy atom. The molecule has 3 aliphatic heterocycles. The molecule has 27 heavy (non-hydrogen) atoms. The van der Waals surface area contributed by atoms with Crippen LogP contribution in [0.2, 0.25) is 0 Å². The molecule has 3 saturated heterocycles. The van der Waals surface area contributed by atoms with E-state index in [1.54, 1.807) is 12.1 Å². The number of carbonyl (C=O) groups is 2. The second-order valence-electron chi connectivity index (χ2n) is 8.65. The smallest absolute Gasteiger partial charge is 0.321 e. The van der Waals surface area contributed by atoms with Gasteiger partial charge in [0.15, 0.2) is 0 Å². The number of urea groups is 1. The molecule has 0 radical (unpaired) electrons. The van der Waals surface area contributed by atoms with Crippen molar-refractivity contribution in [3.05, 3.63) is 29.8 Å². The number of hydrogen-bond donors (Lipinski definition) is 2. The predicted octanol–water partition coefficient (Wildman–Crippen LogP) is 2.53. The predicted molar refractivity (Wildman–Crippen MR) is 104 cm³/mol. The first kappa shape index (κ1) is 17.0. The van der Waals surface area contributed by atoms with E-state index in [0.717, 1.165) is 32.5 Å². The Morgan fingerprint density at radius 3 is 2.78 bits per heavy atom. The molecule has 1 aromatic rings. The molecule has 6 nitrogen and oxygen atoms in total. The Bertz CT molecular complexity index is 747. The molecule has 3 heterocycles. The summed E-state index contributed by atoms with van der Waals surface area (Å²) in [6.45, 7) is 4.10. The number of carbonyl (C=O) groups excluding carboxylic acids is 2. The molecule has 3 amide bonds. The van der Waals surface area contributed by atoms with Gasteiger partial charge in [0.2, 0.25) is 0 Å². The summed E-state index contributed by atoms with van der Waals surface area (Å²) in [6.07, 6.45) is 6.07. The van der Waals surface area contributed by atoms with Crippen LogP contribution in [0.3, 0.4) is 0 Å². The van der Waals surface area contributed by atoms with E-state index in [4.69, 9.17) is 0 Å². The molecule has 0 bridgehead atoms. The van der Waals surface area contributed by atoms with Crippen molar-refractivity contribution in [3.63, 3.8) is 0 Å². The summed E-state index contributed by atoms with van der Waals surface area (Å²) in [7, 11) is 0. The monoisotopic (exact) mass is 368 g/mol. The maximum atomic E-state index is 12.8. The second-order valence-corrected chi connectivity index (χ2v) is 8.65. The van der Waals surface area contributed by atoms with E-state index in [9.17, 15) is 9.59 Å². The van der Waals surface area contributed by atoms with Crippen LogP contribution < -0.4 is 10.6 Å². The molecule has 0 aromatic heterocycles. The zero-order valence-electron chi connectivity index (χ0n) is 15.7. The van der Waals surface area contributed by atoms with E-state index in [1.165, 1.54) is 25.8 Å². The number of likely N-dealkylation sites (tertiary alicyclic amines) is 1. The molecular weight excluding hydrogens is 340 g/mol. The van der Waals surface area contributed by atoms with Gasteiger partial charge in [0.25, 0.3) is 5.91 Å². The summed E-state index contributed by atoms with van der Waals surface area (Å²) in [6, 6.07) is 8.23. The van der Waals surface area contributed by atoms with Crippen LogP contribution in [0.15, 0.2) is 24.3 Å². The van der Waals surface area contributed by atoms with Crippen LogP contribution >= 0.6 is 0 Å². The van der Waals surface area contributed by atoms with Crippen molar-refractivity contribution in [1.82, 2.24) is 15.1 Å². The van der Waals surface area contributed by atoms with Gasteiger partial charge in [-0.3, -0.25) is 9.69 Å². The summed E-state index contributed by atoms with van der Waals surface area (Å²) in [4.78, 5) is 29.6. The average Bonchev–Trinajstić information content (AvgIpc) is 3.27. The van der Waals surface area contributed by atoms with Crippen molar-refractivity contribution in [2.75, 3.05) is 31.5 Å². The Balaban J connectivity index is 1.21. The van der Waals surface area contributed by atoms with E-state index in [2.05, 4.69) is 15.5 Å². The standard InChI is InChI=1S/C21H28N4O2/c26-20(22-16-7-8-16)14-4-3-5-17(10-14)23-21(27)25-12-15-11-24-9-2-1-6-19(24)18(15)13-25/h3-5,10,15-16,18-19H,1-2,6-9,11-13H2,(H,22,26)(H,23,27)/t15-,18+,19-/m0/s1. The van der Waals surface area contributed by atoms with Crippen molar-refractivity contribution in [2.24, 2.45) is 11.8 Å². The van der Waals surface area contributed by atoms with Crippen LogP contribution in [0.25, 0.3) is 0 Å². The number of nitrogens with one attached hydrogen (secondary N) is 2. The molecule has 144 valence electrons. The fraction of sp³-hybridized carbons (Fsp3) is 0.619. The molecule has 6 heteroatoms. The minimum atomic E-state index is -0.0540. The summed E-state index contributed by atoms with van der Waals surface area (Å²) < 4.78 is 0. The van der Waals surface area contributed by atoms with Gasteiger partial charge >= 0.3 is 6.03 Å². The Hall–Kier alpha value is -2.08. The molecule has 1 saturated carbocycles. The topological polar surface area (TPSA) is 64.7 Å². The number of anilines is 1. The zero-order chi connectivity index (χ0) is 18.4. The van der Waals surface area contributed by atoms with E-state index in [-0.39, 0.29) is 11.9 Å². The van der Waals surface area contributed by atoms with Crippen molar-refractivity contribution >= 4 is 17.6 Å². The van der Waals surface area contributed by atoms with Gasteiger partial charge in [-0.15, -0.1) is 0 Å². The van der Waals surface area contributed by atoms with Crippen molar-refractivity contribution in [1.29, 1.82) is 0 Å². The van der Waals surface area contributed by atoms with Crippen molar-refractivity contribution < 1.29 is 9.59 Å². The summed E-state index contributed by atoms with van der Waals surface area (Å²) in [5.41, 5.74) is 1.30. The van der Waals surface area contributed by atoms with E-state index in [1.807, 2.05) is 17.0 Å². The van der Waals surface area contributed by atoms with Crippen LogP contribution in [0.4, 0.5) is 10.5 Å². The number of fused-ring (bicyclic) bond motifs is 3. The molecular formula is C21H28N4O2. The van der Waals surface area contributed by atoms with E-state index in [0.29, 0.717) is 35.2 Å². The highest BCUT2D eigenvalue weighted by molar-refractivity contribution is 5.97. The first-order valence-electron chi connectivity index (χ1n) is 10.4. The third-order valence-electron chi connectivity index (χ3n) is 6.69. The van der Waals surface area contributed by atoms with Gasteiger partial charge in [0, 0.05) is 43.0 Å². The third-order valence-corrected chi connectivity index (χ3v) is 6.69. The van der Waals surface area contributed by atoms with Gasteiger partial charge in [-0.05, 0) is 62.3 Å². The fourth-order valence-corrected chi connectivity index (χ4v) is 5.16. The quantitative estimate of drug-likeness (QED) is 0.862. The van der Waals surface area contributed by atoms with Gasteiger partial charge in [-0.1, -0.05) is 12.5 Å². The van der Waals surface area contributed by atoms with Crippen molar-refractivity contribution in [2.45, 2.75) is 44.2 Å². The molecule has 4 aliphatic rings. The van der Waals surface area contributed by atoms with Crippen LogP contribution in [-0.4, -0.2) is 60.0 Å². The van der Waals surface area contributed by atoms with Crippen LogP contribution in [0.5, 0.6) is 0 Å². The fourth-order valence-electron chi connectivity index (χ4n) is 5.16. The van der Waals surface area contributed by atoms with Gasteiger partial charge in [-0.25, -0.2) is 4.79 Å². The molecule has 3 atom stereocenters. The van der Waals surface area contributed by atoms with Crippen LogP contribution in [0.1, 0.15) is 42.5 Å². The lowest BCUT2D eigenvalue weighted by Crippen LogP contribution is -2.41. The maximum Gasteiger partial charge on any atom is 0.321 e. The molecule has 5 rings (SSSR count). The molecule has 0 unspecified atom stereocenters. The SMILES string of the molecule is O=C(NC1CC1)c1cccc(NC(=O)N2C[C@@H]3CN4CCCC[C@H]4[C@@H]3C2)c1. The van der Waals surface area contributed by atoms with E-state index >= 15 is 0 Å². The number of rotatable bonds is 3. The lowest BCUT2D eigenvalue weighted by molar-refractivity contribution is 0.0951. The molecule has 2 N–H and O–H groups in total. The highest BCUT2D eigenvalue weighted by atomic mass is 16.2. The van der Waals surface area contributed by atoms with Gasteiger partial charge in [0.1, 0.15) is 0 Å². The first-order valence-corrected chi connectivity index (χ1v) is 10.4. The number of benzene rings is 1. The van der Waals surface area contributed by atoms with Crippen molar-refractivity contribution in [3.8, 4) is 0 Å². The Kier molecular flexibility index (Phi) is 4.31. The number of nitrogens with zero attached hydrogens (tertiary/aromatic N) is 2. The minimum absolute atomic E-state index is 0.0356. The Labute approximate surface area is 160 Å². The lowest BCUT2D eigenvalue weighted by atomic mass is 9.90. The summed E-state index contributed by atoms with van der Waals surface area (Å²) >= 11 is 0. The van der Waals surface area contributed by atoms with E-state index < -0.39 is 0 Å². The maximum absolute atomic E-state index is 12.8. The van der Waals surface area contributed by atoms with Crippen LogP contribution in [-0.2, 0) is 0 Å². The molecule has 0 spiro atoms. The highest BCUT2D eigenvalue weighted by Crippen LogP contribution is 2.40. The number of hydrogen-bond acceptors (Lipinski definition) is 3.